The number of hydrogen-bond donors (Lipinski definition) is 0. The van der Waals surface area contributed by atoms with Gasteiger partial charge in [0.2, 0.25) is 0 Å². The van der Waals surface area contributed by atoms with Crippen LogP contribution in [-0.2, 0) is 0 Å². The molecule has 13 heavy (non-hydrogen) atoms. The molecule has 1 unspecified atom stereocenters. The first kappa shape index (κ1) is 10.8. The van der Waals surface area contributed by atoms with Gasteiger partial charge in [0, 0.05) is 0 Å². The summed E-state index contributed by atoms with van der Waals surface area (Å²) >= 11 is 0. The van der Waals surface area contributed by atoms with Crippen LogP contribution in [0.5, 0.6) is 0 Å². The Hall–Kier alpha value is -0.260. The van der Waals surface area contributed by atoms with Crippen molar-refractivity contribution in [2.75, 3.05) is 0 Å². The van der Waals surface area contributed by atoms with Crippen molar-refractivity contribution in [2.24, 2.45) is 16.7 Å². The molecule has 0 aliphatic heterocycles. The summed E-state index contributed by atoms with van der Waals surface area (Å²) in [5.74, 6) is 0.811. The lowest BCUT2D eigenvalue weighted by molar-refractivity contribution is 0.0582. The summed E-state index contributed by atoms with van der Waals surface area (Å²) < 4.78 is 0. The normalized spacial score (nSPS) is 28.5. The fraction of sp³-hybridized carbons (Fsp3) is 0.846. The van der Waals surface area contributed by atoms with Crippen LogP contribution >= 0.6 is 0 Å². The van der Waals surface area contributed by atoms with E-state index in [0.717, 1.165) is 5.92 Å². The summed E-state index contributed by atoms with van der Waals surface area (Å²) in [5, 5.41) is 0. The van der Waals surface area contributed by atoms with Crippen molar-refractivity contribution in [3.8, 4) is 0 Å². The lowest BCUT2D eigenvalue weighted by Gasteiger charge is -2.46. The van der Waals surface area contributed by atoms with E-state index in [1.54, 1.807) is 0 Å². The van der Waals surface area contributed by atoms with E-state index >= 15 is 0 Å². The molecule has 76 valence electrons. The molecule has 0 aromatic rings. The summed E-state index contributed by atoms with van der Waals surface area (Å²) in [6, 6.07) is 0. The summed E-state index contributed by atoms with van der Waals surface area (Å²) in [6.45, 7) is 13.5. The second kappa shape index (κ2) is 3.48. The number of allylic oxidation sites excluding steroid dienone is 1. The van der Waals surface area contributed by atoms with Crippen molar-refractivity contribution in [1.29, 1.82) is 0 Å². The molecule has 0 heterocycles. The zero-order valence-electron chi connectivity index (χ0n) is 9.69. The highest BCUT2D eigenvalue weighted by molar-refractivity contribution is 4.99. The van der Waals surface area contributed by atoms with Crippen LogP contribution in [0.25, 0.3) is 0 Å². The smallest absolute Gasteiger partial charge is 0.0144 e. The van der Waals surface area contributed by atoms with Gasteiger partial charge in [0.1, 0.15) is 0 Å². The van der Waals surface area contributed by atoms with Gasteiger partial charge in [-0.1, -0.05) is 46.6 Å². The predicted molar refractivity (Wildman–Crippen MR) is 59.7 cm³/mol. The Labute approximate surface area is 83.4 Å². The molecule has 1 saturated carbocycles. The zero-order valence-corrected chi connectivity index (χ0v) is 9.69. The fourth-order valence-corrected chi connectivity index (χ4v) is 3.02. The van der Waals surface area contributed by atoms with Crippen LogP contribution in [0.3, 0.4) is 0 Å². The lowest BCUT2D eigenvalue weighted by atomic mass is 9.59. The van der Waals surface area contributed by atoms with Crippen LogP contribution in [-0.4, -0.2) is 0 Å². The summed E-state index contributed by atoms with van der Waals surface area (Å²) in [7, 11) is 0. The Bertz CT molecular complexity index is 186. The van der Waals surface area contributed by atoms with Crippen molar-refractivity contribution in [3.63, 3.8) is 0 Å². The lowest BCUT2D eigenvalue weighted by Crippen LogP contribution is -2.37. The van der Waals surface area contributed by atoms with Gasteiger partial charge in [-0.25, -0.2) is 0 Å². The van der Waals surface area contributed by atoms with E-state index in [2.05, 4.69) is 40.3 Å². The SMILES string of the molecule is C=CC(C)(C)C1CCCCC1(C)C. The van der Waals surface area contributed by atoms with Crippen molar-refractivity contribution >= 4 is 0 Å². The predicted octanol–water partition coefficient (Wildman–Crippen LogP) is 4.42. The Morgan fingerprint density at radius 1 is 1.31 bits per heavy atom. The molecule has 1 rings (SSSR count). The molecule has 1 aliphatic carbocycles. The van der Waals surface area contributed by atoms with E-state index in [-0.39, 0.29) is 0 Å². The van der Waals surface area contributed by atoms with E-state index in [9.17, 15) is 0 Å². The van der Waals surface area contributed by atoms with Gasteiger partial charge < -0.3 is 0 Å². The minimum atomic E-state index is 0.309. The molecule has 0 nitrogen and oxygen atoms in total. The van der Waals surface area contributed by atoms with Crippen LogP contribution in [0.2, 0.25) is 0 Å². The van der Waals surface area contributed by atoms with Gasteiger partial charge in [0.05, 0.1) is 0 Å². The molecule has 0 heteroatoms. The van der Waals surface area contributed by atoms with Crippen molar-refractivity contribution in [3.05, 3.63) is 12.7 Å². The Morgan fingerprint density at radius 2 is 1.92 bits per heavy atom. The van der Waals surface area contributed by atoms with E-state index in [4.69, 9.17) is 0 Å². The molecule has 0 spiro atoms. The first-order valence-electron chi connectivity index (χ1n) is 5.54. The molecule has 0 saturated heterocycles. The van der Waals surface area contributed by atoms with E-state index in [1.165, 1.54) is 25.7 Å². The minimum absolute atomic E-state index is 0.309. The van der Waals surface area contributed by atoms with E-state index in [0.29, 0.717) is 10.8 Å². The second-order valence-corrected chi connectivity index (χ2v) is 5.81. The summed E-state index contributed by atoms with van der Waals surface area (Å²) in [5.41, 5.74) is 0.819. The maximum atomic E-state index is 3.97. The third-order valence-corrected chi connectivity index (χ3v) is 3.93. The molecule has 0 amide bonds. The van der Waals surface area contributed by atoms with Gasteiger partial charge in [-0.15, -0.1) is 6.58 Å². The highest BCUT2D eigenvalue weighted by Crippen LogP contribution is 2.49. The highest BCUT2D eigenvalue weighted by atomic mass is 14.4. The molecule has 0 aromatic carbocycles. The maximum Gasteiger partial charge on any atom is -0.0144 e. The van der Waals surface area contributed by atoms with Crippen LogP contribution in [0, 0.1) is 16.7 Å². The molecular formula is C13H24. The monoisotopic (exact) mass is 180 g/mol. The van der Waals surface area contributed by atoms with Gasteiger partial charge in [-0.3, -0.25) is 0 Å². The standard InChI is InChI=1S/C13H24/c1-6-12(2,3)11-9-7-8-10-13(11,4)5/h6,11H,1,7-10H2,2-5H3. The molecule has 0 radical (unpaired) electrons. The van der Waals surface area contributed by atoms with Crippen LogP contribution in [0.1, 0.15) is 53.4 Å². The van der Waals surface area contributed by atoms with E-state index in [1.807, 2.05) is 0 Å². The summed E-state index contributed by atoms with van der Waals surface area (Å²) in [4.78, 5) is 0. The highest BCUT2D eigenvalue weighted by Gasteiger charge is 2.40. The first-order valence-corrected chi connectivity index (χ1v) is 5.54. The minimum Gasteiger partial charge on any atom is -0.103 e. The zero-order chi connectivity index (χ0) is 10.1. The van der Waals surface area contributed by atoms with Crippen LogP contribution in [0.4, 0.5) is 0 Å². The molecular weight excluding hydrogens is 156 g/mol. The van der Waals surface area contributed by atoms with Gasteiger partial charge >= 0.3 is 0 Å². The van der Waals surface area contributed by atoms with Gasteiger partial charge in [0.25, 0.3) is 0 Å². The molecule has 1 atom stereocenters. The fourth-order valence-electron chi connectivity index (χ4n) is 3.02. The second-order valence-electron chi connectivity index (χ2n) is 5.81. The van der Waals surface area contributed by atoms with Crippen molar-refractivity contribution < 1.29 is 0 Å². The average molecular weight is 180 g/mol. The van der Waals surface area contributed by atoms with Gasteiger partial charge in [-0.2, -0.15) is 0 Å². The van der Waals surface area contributed by atoms with Crippen molar-refractivity contribution in [1.82, 2.24) is 0 Å². The third-order valence-electron chi connectivity index (χ3n) is 3.93. The number of hydrogen-bond acceptors (Lipinski definition) is 0. The maximum absolute atomic E-state index is 3.97. The van der Waals surface area contributed by atoms with Gasteiger partial charge in [0.15, 0.2) is 0 Å². The molecule has 1 fully saturated rings. The molecule has 0 bridgehead atoms. The average Bonchev–Trinajstić information content (AvgIpc) is 2.03. The largest absolute Gasteiger partial charge is 0.103 e. The quantitative estimate of drug-likeness (QED) is 0.552. The Balaban J connectivity index is 2.82. The topological polar surface area (TPSA) is 0 Å². The van der Waals surface area contributed by atoms with Gasteiger partial charge in [-0.05, 0) is 29.6 Å². The molecule has 0 aromatic heterocycles. The molecule has 1 aliphatic rings. The van der Waals surface area contributed by atoms with E-state index < -0.39 is 0 Å². The third kappa shape index (κ3) is 2.15. The Morgan fingerprint density at radius 3 is 2.38 bits per heavy atom. The van der Waals surface area contributed by atoms with Crippen molar-refractivity contribution in [2.45, 2.75) is 53.4 Å². The summed E-state index contributed by atoms with van der Waals surface area (Å²) in [6.07, 6.45) is 7.73. The first-order chi connectivity index (χ1) is 5.90. The Kier molecular flexibility index (Phi) is 2.89. The van der Waals surface area contributed by atoms with Crippen LogP contribution in [0.15, 0.2) is 12.7 Å². The van der Waals surface area contributed by atoms with Crippen LogP contribution < -0.4 is 0 Å². The molecule has 0 N–H and O–H groups in total. The number of rotatable bonds is 2.